The second kappa shape index (κ2) is 4.64. The lowest BCUT2D eigenvalue weighted by Crippen LogP contribution is -2.27. The minimum absolute atomic E-state index is 0.507. The van der Waals surface area contributed by atoms with Crippen molar-refractivity contribution < 1.29 is 4.79 Å². The Morgan fingerprint density at radius 2 is 2.10 bits per heavy atom. The van der Waals surface area contributed by atoms with Crippen LogP contribution in [-0.2, 0) is 0 Å². The van der Waals surface area contributed by atoms with E-state index in [1.807, 2.05) is 13.8 Å². The summed E-state index contributed by atoms with van der Waals surface area (Å²) in [5.74, 6) is 0. The highest BCUT2D eigenvalue weighted by atomic mass is 16.2. The Morgan fingerprint density at radius 3 is 2.40 bits per heavy atom. The van der Waals surface area contributed by atoms with Crippen molar-refractivity contribution in [1.82, 2.24) is 4.90 Å². The van der Waals surface area contributed by atoms with Gasteiger partial charge < -0.3 is 4.90 Å². The number of hydrogen-bond donors (Lipinski definition) is 0. The Balaban J connectivity index is 4.01. The van der Waals surface area contributed by atoms with Crippen molar-refractivity contribution in [3.63, 3.8) is 0 Å². The highest BCUT2D eigenvalue weighted by Gasteiger charge is 2.04. The maximum absolute atomic E-state index is 10.7. The van der Waals surface area contributed by atoms with Crippen LogP contribution in [0.25, 0.3) is 10.4 Å². The summed E-state index contributed by atoms with van der Waals surface area (Å²) in [5, 5.41) is 2.93. The lowest BCUT2D eigenvalue weighted by molar-refractivity contribution is 0.213. The van der Waals surface area contributed by atoms with Crippen LogP contribution in [0.2, 0.25) is 0 Å². The summed E-state index contributed by atoms with van der Waals surface area (Å²) in [7, 11) is 0. The molecule has 0 saturated carbocycles. The second-order valence-electron chi connectivity index (χ2n) is 1.64. The molecule has 2 amide bonds. The van der Waals surface area contributed by atoms with E-state index in [1.54, 1.807) is 0 Å². The molecule has 0 saturated heterocycles. The molecule has 0 aliphatic rings. The van der Waals surface area contributed by atoms with Crippen molar-refractivity contribution in [3.8, 4) is 0 Å². The quantitative estimate of drug-likeness (QED) is 0.329. The molecule has 0 aliphatic heterocycles. The first kappa shape index (κ1) is 8.78. The fraction of sp³-hybridized carbons (Fsp3) is 0.800. The van der Waals surface area contributed by atoms with E-state index < -0.39 is 6.03 Å². The minimum Gasteiger partial charge on any atom is -0.338 e. The molecular weight excluding hydrogens is 132 g/mol. The zero-order valence-corrected chi connectivity index (χ0v) is 6.11. The summed E-state index contributed by atoms with van der Waals surface area (Å²) in [6.45, 7) is 4.81. The van der Waals surface area contributed by atoms with E-state index in [2.05, 4.69) is 10.0 Å². The first-order valence-electron chi connectivity index (χ1n) is 3.10. The van der Waals surface area contributed by atoms with E-state index >= 15 is 0 Å². The Hall–Kier alpha value is -1.22. The summed E-state index contributed by atoms with van der Waals surface area (Å²) >= 11 is 0. The number of rotatable bonds is 2. The molecule has 5 nitrogen and oxygen atoms in total. The van der Waals surface area contributed by atoms with E-state index in [4.69, 9.17) is 5.53 Å². The Morgan fingerprint density at radius 1 is 1.60 bits per heavy atom. The first-order chi connectivity index (χ1) is 4.76. The molecule has 0 heterocycles. The van der Waals surface area contributed by atoms with Gasteiger partial charge in [0, 0.05) is 23.1 Å². The molecule has 0 aromatic heterocycles. The number of carbonyl (C=O) groups excluding carboxylic acids is 1. The topological polar surface area (TPSA) is 69.1 Å². The monoisotopic (exact) mass is 142 g/mol. The zero-order chi connectivity index (χ0) is 7.98. The van der Waals surface area contributed by atoms with Gasteiger partial charge in [0.2, 0.25) is 0 Å². The number of carbonyl (C=O) groups is 1. The number of amides is 2. The van der Waals surface area contributed by atoms with Crippen molar-refractivity contribution in [1.29, 1.82) is 0 Å². The average Bonchev–Trinajstić information content (AvgIpc) is 1.91. The van der Waals surface area contributed by atoms with Gasteiger partial charge in [-0.05, 0) is 19.4 Å². The third kappa shape index (κ3) is 2.37. The summed E-state index contributed by atoms with van der Waals surface area (Å²) in [5.41, 5.74) is 7.89. The predicted molar refractivity (Wildman–Crippen MR) is 37.5 cm³/mol. The summed E-state index contributed by atoms with van der Waals surface area (Å²) < 4.78 is 0. The number of hydrogen-bond acceptors (Lipinski definition) is 1. The number of urea groups is 1. The summed E-state index contributed by atoms with van der Waals surface area (Å²) in [6.07, 6.45) is 0. The molecule has 0 fully saturated rings. The largest absolute Gasteiger partial charge is 0.338 e. The Bertz CT molecular complexity index is 157. The second-order valence-corrected chi connectivity index (χ2v) is 1.64. The van der Waals surface area contributed by atoms with Crippen LogP contribution in [0.1, 0.15) is 13.8 Å². The predicted octanol–water partition coefficient (Wildman–Crippen LogP) is 1.76. The van der Waals surface area contributed by atoms with Gasteiger partial charge in [-0.25, -0.2) is 0 Å². The van der Waals surface area contributed by atoms with Gasteiger partial charge in [-0.1, -0.05) is 0 Å². The molecule has 0 bridgehead atoms. The summed E-state index contributed by atoms with van der Waals surface area (Å²) in [6, 6.07) is -0.507. The van der Waals surface area contributed by atoms with E-state index in [1.165, 1.54) is 4.90 Å². The molecule has 0 unspecified atom stereocenters. The van der Waals surface area contributed by atoms with Gasteiger partial charge in [0.1, 0.15) is 0 Å². The smallest absolute Gasteiger partial charge is 0.310 e. The van der Waals surface area contributed by atoms with Crippen LogP contribution in [-0.4, -0.2) is 24.0 Å². The first-order valence-corrected chi connectivity index (χ1v) is 3.10. The van der Waals surface area contributed by atoms with Gasteiger partial charge in [0.15, 0.2) is 0 Å². The van der Waals surface area contributed by atoms with Crippen LogP contribution in [0.4, 0.5) is 4.79 Å². The van der Waals surface area contributed by atoms with Gasteiger partial charge in [0.05, 0.1) is 0 Å². The Labute approximate surface area is 59.3 Å². The molecular formula is C5H10N4O. The fourth-order valence-electron chi connectivity index (χ4n) is 0.596. The van der Waals surface area contributed by atoms with Crippen LogP contribution in [0.15, 0.2) is 5.11 Å². The third-order valence-electron chi connectivity index (χ3n) is 1.16. The molecule has 0 rings (SSSR count). The summed E-state index contributed by atoms with van der Waals surface area (Å²) in [4.78, 5) is 14.5. The number of nitrogens with zero attached hydrogens (tertiary/aromatic N) is 4. The molecule has 0 radical (unpaired) electrons. The molecule has 0 N–H and O–H groups in total. The molecule has 5 heteroatoms. The molecule has 0 aliphatic carbocycles. The third-order valence-corrected chi connectivity index (χ3v) is 1.16. The lowest BCUT2D eigenvalue weighted by atomic mass is 10.5. The number of azide groups is 1. The van der Waals surface area contributed by atoms with E-state index in [0.717, 1.165) is 0 Å². The minimum atomic E-state index is -0.507. The van der Waals surface area contributed by atoms with Crippen molar-refractivity contribution in [2.75, 3.05) is 13.1 Å². The standard InChI is InChI=1S/C5H10N4O/c1-3-9(4-2)5(10)7-8-6/h3-4H2,1-2H3. The van der Waals surface area contributed by atoms with Gasteiger partial charge in [-0.3, -0.25) is 4.79 Å². The van der Waals surface area contributed by atoms with Crippen molar-refractivity contribution in [3.05, 3.63) is 10.4 Å². The van der Waals surface area contributed by atoms with Gasteiger partial charge in [-0.2, -0.15) is 0 Å². The van der Waals surface area contributed by atoms with Crippen LogP contribution < -0.4 is 0 Å². The van der Waals surface area contributed by atoms with Crippen molar-refractivity contribution in [2.24, 2.45) is 5.11 Å². The maximum Gasteiger partial charge on any atom is 0.310 e. The average molecular weight is 142 g/mol. The molecule has 0 spiro atoms. The molecule has 10 heavy (non-hydrogen) atoms. The van der Waals surface area contributed by atoms with Gasteiger partial charge >= 0.3 is 6.03 Å². The fourth-order valence-corrected chi connectivity index (χ4v) is 0.596. The molecule has 0 atom stereocenters. The highest BCUT2D eigenvalue weighted by molar-refractivity contribution is 5.74. The molecule has 56 valence electrons. The maximum atomic E-state index is 10.7. The Kier molecular flexibility index (Phi) is 4.07. The lowest BCUT2D eigenvalue weighted by Gasteiger charge is -2.14. The SMILES string of the molecule is CCN(CC)C(=O)N=[N+]=[N-]. The molecule has 0 aromatic carbocycles. The molecule has 0 aromatic rings. The highest BCUT2D eigenvalue weighted by Crippen LogP contribution is 1.91. The zero-order valence-electron chi connectivity index (χ0n) is 6.11. The van der Waals surface area contributed by atoms with Crippen LogP contribution in [0.5, 0.6) is 0 Å². The van der Waals surface area contributed by atoms with Gasteiger partial charge in [-0.15, -0.1) is 0 Å². The van der Waals surface area contributed by atoms with Crippen molar-refractivity contribution >= 4 is 6.03 Å². The van der Waals surface area contributed by atoms with E-state index in [0.29, 0.717) is 13.1 Å². The van der Waals surface area contributed by atoms with E-state index in [9.17, 15) is 4.79 Å². The van der Waals surface area contributed by atoms with E-state index in [-0.39, 0.29) is 0 Å². The normalized spacial score (nSPS) is 8.20. The van der Waals surface area contributed by atoms with Gasteiger partial charge in [0.25, 0.3) is 0 Å². The van der Waals surface area contributed by atoms with Crippen LogP contribution >= 0.6 is 0 Å². The van der Waals surface area contributed by atoms with Crippen molar-refractivity contribution in [2.45, 2.75) is 13.8 Å². The van der Waals surface area contributed by atoms with Crippen LogP contribution in [0.3, 0.4) is 0 Å². The van der Waals surface area contributed by atoms with Crippen LogP contribution in [0, 0.1) is 0 Å².